The van der Waals surface area contributed by atoms with Crippen LogP contribution in [0.5, 0.6) is 0 Å². The van der Waals surface area contributed by atoms with Gasteiger partial charge in [0.1, 0.15) is 6.10 Å². The van der Waals surface area contributed by atoms with Gasteiger partial charge in [-0.2, -0.15) is 0 Å². The normalized spacial score (nSPS) is 21.5. The first kappa shape index (κ1) is 11.1. The molecule has 1 aliphatic carbocycles. The van der Waals surface area contributed by atoms with Gasteiger partial charge < -0.3 is 5.11 Å². The minimum atomic E-state index is -0.611. The number of aliphatic hydroxyl groups is 1. The third-order valence-electron chi connectivity index (χ3n) is 2.70. The summed E-state index contributed by atoms with van der Waals surface area (Å²) in [6.07, 6.45) is 4.59. The van der Waals surface area contributed by atoms with Gasteiger partial charge in [0, 0.05) is 0 Å². The Hall–Kier alpha value is -1.00. The standard InChI is InChI=1S/C13H18O/c1-5-7-11(14)12-10(2)8-6-9-13(12,3)4/h6,8,11,14H,9H2,1-4H3. The molecule has 0 saturated carbocycles. The first-order chi connectivity index (χ1) is 6.49. The monoisotopic (exact) mass is 190 g/mol. The van der Waals surface area contributed by atoms with Crippen molar-refractivity contribution in [2.75, 3.05) is 0 Å². The fourth-order valence-corrected chi connectivity index (χ4v) is 2.06. The van der Waals surface area contributed by atoms with E-state index in [0.717, 1.165) is 17.6 Å². The minimum absolute atomic E-state index is 0.0299. The van der Waals surface area contributed by atoms with Crippen LogP contribution in [0.25, 0.3) is 0 Å². The second-order valence-corrected chi connectivity index (χ2v) is 4.38. The number of hydrogen-bond acceptors (Lipinski definition) is 1. The van der Waals surface area contributed by atoms with Crippen molar-refractivity contribution in [3.63, 3.8) is 0 Å². The maximum absolute atomic E-state index is 9.91. The van der Waals surface area contributed by atoms with Crippen molar-refractivity contribution < 1.29 is 5.11 Å². The summed E-state index contributed by atoms with van der Waals surface area (Å²) in [7, 11) is 0. The molecule has 0 fully saturated rings. The SMILES string of the molecule is CC#CC(O)C1=C(C)C=CCC1(C)C. The lowest BCUT2D eigenvalue weighted by atomic mass is 9.73. The Morgan fingerprint density at radius 1 is 1.50 bits per heavy atom. The Bertz CT molecular complexity index is 334. The highest BCUT2D eigenvalue weighted by Crippen LogP contribution is 2.38. The van der Waals surface area contributed by atoms with E-state index >= 15 is 0 Å². The van der Waals surface area contributed by atoms with E-state index in [1.54, 1.807) is 6.92 Å². The van der Waals surface area contributed by atoms with Crippen molar-refractivity contribution in [1.29, 1.82) is 0 Å². The fraction of sp³-hybridized carbons (Fsp3) is 0.538. The third kappa shape index (κ3) is 2.08. The van der Waals surface area contributed by atoms with E-state index in [9.17, 15) is 5.11 Å². The molecule has 0 aromatic carbocycles. The highest BCUT2D eigenvalue weighted by Gasteiger charge is 2.29. The Labute approximate surface area is 86.5 Å². The summed E-state index contributed by atoms with van der Waals surface area (Å²) in [6.45, 7) is 8.09. The second kappa shape index (κ2) is 4.02. The quantitative estimate of drug-likeness (QED) is 0.630. The molecule has 76 valence electrons. The number of aliphatic hydroxyl groups excluding tert-OH is 1. The summed E-state index contributed by atoms with van der Waals surface area (Å²) in [5, 5.41) is 9.91. The molecule has 0 aliphatic heterocycles. The zero-order valence-electron chi connectivity index (χ0n) is 9.39. The maximum Gasteiger partial charge on any atom is 0.137 e. The molecule has 0 aromatic rings. The molecule has 0 bridgehead atoms. The van der Waals surface area contributed by atoms with Gasteiger partial charge in [0.15, 0.2) is 0 Å². The maximum atomic E-state index is 9.91. The molecular formula is C13H18O. The molecule has 1 rings (SSSR count). The molecule has 1 unspecified atom stereocenters. The van der Waals surface area contributed by atoms with Gasteiger partial charge in [-0.15, -0.1) is 5.92 Å². The Kier molecular flexibility index (Phi) is 3.18. The van der Waals surface area contributed by atoms with Gasteiger partial charge in [-0.3, -0.25) is 0 Å². The zero-order valence-corrected chi connectivity index (χ0v) is 9.39. The first-order valence-electron chi connectivity index (χ1n) is 4.97. The molecule has 1 aliphatic rings. The van der Waals surface area contributed by atoms with Gasteiger partial charge in [0.25, 0.3) is 0 Å². The average Bonchev–Trinajstić information content (AvgIpc) is 2.02. The van der Waals surface area contributed by atoms with Crippen LogP contribution in [0.2, 0.25) is 0 Å². The van der Waals surface area contributed by atoms with Crippen LogP contribution in [-0.4, -0.2) is 11.2 Å². The number of hydrogen-bond donors (Lipinski definition) is 1. The Morgan fingerprint density at radius 3 is 2.64 bits per heavy atom. The second-order valence-electron chi connectivity index (χ2n) is 4.38. The van der Waals surface area contributed by atoms with Crippen LogP contribution in [0.1, 0.15) is 34.1 Å². The first-order valence-corrected chi connectivity index (χ1v) is 4.97. The van der Waals surface area contributed by atoms with Gasteiger partial charge in [-0.05, 0) is 36.8 Å². The topological polar surface area (TPSA) is 20.2 Å². The van der Waals surface area contributed by atoms with E-state index < -0.39 is 6.10 Å². The van der Waals surface area contributed by atoms with Crippen LogP contribution in [-0.2, 0) is 0 Å². The minimum Gasteiger partial charge on any atom is -0.376 e. The van der Waals surface area contributed by atoms with E-state index in [1.165, 1.54) is 0 Å². The predicted octanol–water partition coefficient (Wildman–Crippen LogP) is 2.67. The highest BCUT2D eigenvalue weighted by molar-refractivity contribution is 5.38. The van der Waals surface area contributed by atoms with E-state index in [4.69, 9.17) is 0 Å². The van der Waals surface area contributed by atoms with Crippen LogP contribution >= 0.6 is 0 Å². The predicted molar refractivity (Wildman–Crippen MR) is 59.7 cm³/mol. The molecular weight excluding hydrogens is 172 g/mol. The lowest BCUT2D eigenvalue weighted by Crippen LogP contribution is -2.26. The van der Waals surface area contributed by atoms with Gasteiger partial charge in [0.2, 0.25) is 0 Å². The van der Waals surface area contributed by atoms with Crippen molar-refractivity contribution in [2.45, 2.75) is 40.2 Å². The summed E-state index contributed by atoms with van der Waals surface area (Å²) in [5.74, 6) is 5.58. The van der Waals surface area contributed by atoms with Crippen molar-refractivity contribution in [3.8, 4) is 11.8 Å². The summed E-state index contributed by atoms with van der Waals surface area (Å²) < 4.78 is 0. The smallest absolute Gasteiger partial charge is 0.137 e. The Balaban J connectivity index is 3.11. The molecule has 14 heavy (non-hydrogen) atoms. The molecule has 0 amide bonds. The molecule has 0 spiro atoms. The summed E-state index contributed by atoms with van der Waals surface area (Å²) in [4.78, 5) is 0. The number of allylic oxidation sites excluding steroid dienone is 3. The van der Waals surface area contributed by atoms with E-state index in [0.29, 0.717) is 0 Å². The van der Waals surface area contributed by atoms with Gasteiger partial charge >= 0.3 is 0 Å². The molecule has 0 aromatic heterocycles. The third-order valence-corrected chi connectivity index (χ3v) is 2.70. The largest absolute Gasteiger partial charge is 0.376 e. The summed E-state index contributed by atoms with van der Waals surface area (Å²) in [6, 6.07) is 0. The molecule has 1 heteroatoms. The van der Waals surface area contributed by atoms with Crippen molar-refractivity contribution >= 4 is 0 Å². The lowest BCUT2D eigenvalue weighted by molar-refractivity contribution is 0.229. The molecule has 1 nitrogen and oxygen atoms in total. The fourth-order valence-electron chi connectivity index (χ4n) is 2.06. The Morgan fingerprint density at radius 2 is 2.14 bits per heavy atom. The molecule has 1 atom stereocenters. The van der Waals surface area contributed by atoms with E-state index in [-0.39, 0.29) is 5.41 Å². The van der Waals surface area contributed by atoms with Crippen molar-refractivity contribution in [1.82, 2.24) is 0 Å². The van der Waals surface area contributed by atoms with Crippen LogP contribution in [0.3, 0.4) is 0 Å². The zero-order chi connectivity index (χ0) is 10.8. The average molecular weight is 190 g/mol. The van der Waals surface area contributed by atoms with Gasteiger partial charge in [0.05, 0.1) is 0 Å². The lowest BCUT2D eigenvalue weighted by Gasteiger charge is -2.32. The van der Waals surface area contributed by atoms with Crippen LogP contribution < -0.4 is 0 Å². The summed E-state index contributed by atoms with van der Waals surface area (Å²) in [5.41, 5.74) is 2.24. The number of rotatable bonds is 1. The van der Waals surface area contributed by atoms with Crippen molar-refractivity contribution in [3.05, 3.63) is 23.3 Å². The summed E-state index contributed by atoms with van der Waals surface area (Å²) >= 11 is 0. The van der Waals surface area contributed by atoms with Crippen LogP contribution in [0.4, 0.5) is 0 Å². The molecule has 0 radical (unpaired) electrons. The van der Waals surface area contributed by atoms with Crippen molar-refractivity contribution in [2.24, 2.45) is 5.41 Å². The van der Waals surface area contributed by atoms with Crippen LogP contribution in [0, 0.1) is 17.3 Å². The molecule has 0 heterocycles. The van der Waals surface area contributed by atoms with Gasteiger partial charge in [-0.1, -0.05) is 31.9 Å². The molecule has 0 saturated heterocycles. The van der Waals surface area contributed by atoms with Gasteiger partial charge in [-0.25, -0.2) is 0 Å². The van der Waals surface area contributed by atoms with E-state index in [1.807, 2.05) is 6.92 Å². The highest BCUT2D eigenvalue weighted by atomic mass is 16.3. The van der Waals surface area contributed by atoms with Crippen LogP contribution in [0.15, 0.2) is 23.3 Å². The van der Waals surface area contributed by atoms with E-state index in [2.05, 4.69) is 37.8 Å². The molecule has 1 N–H and O–H groups in total.